The fourth-order valence-electron chi connectivity index (χ4n) is 2.38. The molecule has 0 spiro atoms. The summed E-state index contributed by atoms with van der Waals surface area (Å²) in [7, 11) is -3.60. The van der Waals surface area contributed by atoms with Gasteiger partial charge in [0.1, 0.15) is 18.9 Å². The Kier molecular flexibility index (Phi) is 7.10. The minimum Gasteiger partial charge on any atom is -0.490 e. The van der Waals surface area contributed by atoms with Crippen molar-refractivity contribution < 1.29 is 17.9 Å². The molecule has 0 fully saturated rings. The molecule has 6 nitrogen and oxygen atoms in total. The van der Waals surface area contributed by atoms with Gasteiger partial charge in [-0.15, -0.1) is 0 Å². The van der Waals surface area contributed by atoms with E-state index in [9.17, 15) is 13.2 Å². The maximum Gasteiger partial charge on any atom is 0.240 e. The molecular formula is C19H23ClN2O4S. The molecule has 0 saturated carbocycles. The van der Waals surface area contributed by atoms with Crippen LogP contribution in [-0.4, -0.2) is 40.3 Å². The molecule has 0 aliphatic heterocycles. The number of benzene rings is 2. The van der Waals surface area contributed by atoms with Gasteiger partial charge < -0.3 is 10.1 Å². The monoisotopic (exact) mass is 410 g/mol. The molecular weight excluding hydrogens is 388 g/mol. The first-order valence-electron chi connectivity index (χ1n) is 8.37. The van der Waals surface area contributed by atoms with Crippen LogP contribution in [0.4, 0.5) is 5.69 Å². The van der Waals surface area contributed by atoms with Crippen molar-refractivity contribution in [3.05, 3.63) is 58.6 Å². The van der Waals surface area contributed by atoms with Crippen molar-refractivity contribution in [3.63, 3.8) is 0 Å². The molecule has 0 atom stereocenters. The lowest BCUT2D eigenvalue weighted by atomic mass is 10.1. The summed E-state index contributed by atoms with van der Waals surface area (Å²) in [5, 5.41) is 3.15. The average molecular weight is 411 g/mol. The Labute approximate surface area is 165 Å². The van der Waals surface area contributed by atoms with Crippen LogP contribution < -0.4 is 14.4 Å². The Morgan fingerprint density at radius 1 is 1.15 bits per heavy atom. The third-order valence-corrected chi connectivity index (χ3v) is 5.44. The van der Waals surface area contributed by atoms with Crippen LogP contribution in [0.25, 0.3) is 0 Å². The maximum atomic E-state index is 12.2. The third kappa shape index (κ3) is 6.15. The summed E-state index contributed by atoms with van der Waals surface area (Å²) in [5.41, 5.74) is 2.46. The minimum absolute atomic E-state index is 0.220. The van der Waals surface area contributed by atoms with Gasteiger partial charge >= 0.3 is 0 Å². The minimum atomic E-state index is -3.60. The Morgan fingerprint density at radius 3 is 2.48 bits per heavy atom. The van der Waals surface area contributed by atoms with Crippen LogP contribution in [-0.2, 0) is 14.8 Å². The molecule has 146 valence electrons. The molecule has 1 amide bonds. The van der Waals surface area contributed by atoms with Crippen LogP contribution in [0.5, 0.6) is 5.75 Å². The number of anilines is 1. The van der Waals surface area contributed by atoms with E-state index in [1.54, 1.807) is 36.4 Å². The molecule has 0 radical (unpaired) electrons. The van der Waals surface area contributed by atoms with Crippen molar-refractivity contribution >= 4 is 33.2 Å². The average Bonchev–Trinajstić information content (AvgIpc) is 2.59. The van der Waals surface area contributed by atoms with Gasteiger partial charge in [0, 0.05) is 0 Å². The van der Waals surface area contributed by atoms with Gasteiger partial charge in [-0.2, -0.15) is 0 Å². The third-order valence-electron chi connectivity index (χ3n) is 3.98. The Balaban J connectivity index is 1.94. The second-order valence-corrected chi connectivity index (χ2v) is 8.48. The molecule has 0 aliphatic carbocycles. The van der Waals surface area contributed by atoms with E-state index in [0.29, 0.717) is 16.5 Å². The van der Waals surface area contributed by atoms with Gasteiger partial charge in [0.2, 0.25) is 15.9 Å². The second-order valence-electron chi connectivity index (χ2n) is 6.17. The number of amides is 1. The number of aryl methyl sites for hydroxylation is 2. The van der Waals surface area contributed by atoms with Gasteiger partial charge in [0.05, 0.1) is 23.5 Å². The lowest BCUT2D eigenvalue weighted by Gasteiger charge is -2.22. The normalized spacial score (nSPS) is 11.1. The lowest BCUT2D eigenvalue weighted by Crippen LogP contribution is -2.41. The van der Waals surface area contributed by atoms with Crippen LogP contribution in [0.1, 0.15) is 11.1 Å². The first-order valence-corrected chi connectivity index (χ1v) is 10.6. The number of halogens is 1. The molecule has 27 heavy (non-hydrogen) atoms. The van der Waals surface area contributed by atoms with Crippen molar-refractivity contribution in [2.24, 2.45) is 0 Å². The molecule has 0 aliphatic rings. The van der Waals surface area contributed by atoms with E-state index in [1.807, 2.05) is 19.9 Å². The summed E-state index contributed by atoms with van der Waals surface area (Å²) in [5.74, 6) is 0.114. The number of carbonyl (C=O) groups is 1. The molecule has 0 saturated heterocycles. The van der Waals surface area contributed by atoms with Crippen molar-refractivity contribution in [1.29, 1.82) is 0 Å². The number of hydrogen-bond acceptors (Lipinski definition) is 4. The van der Waals surface area contributed by atoms with E-state index in [2.05, 4.69) is 5.32 Å². The second kappa shape index (κ2) is 9.10. The molecule has 0 bridgehead atoms. The van der Waals surface area contributed by atoms with Gasteiger partial charge in [-0.3, -0.25) is 9.10 Å². The van der Waals surface area contributed by atoms with E-state index in [1.165, 1.54) is 0 Å². The van der Waals surface area contributed by atoms with Gasteiger partial charge in [0.25, 0.3) is 0 Å². The smallest absolute Gasteiger partial charge is 0.240 e. The SMILES string of the molecule is Cc1ccc(N(CC(=O)NCCOc2ccccc2Cl)S(C)(=O)=O)cc1C. The summed E-state index contributed by atoms with van der Waals surface area (Å²) in [6.45, 7) is 3.99. The standard InChI is InChI=1S/C19H23ClN2O4S/c1-14-8-9-16(12-15(14)2)22(27(3,24)25)13-19(23)21-10-11-26-18-7-5-4-6-17(18)20/h4-9,12H,10-11,13H2,1-3H3,(H,21,23). The molecule has 0 unspecified atom stereocenters. The molecule has 2 rings (SSSR count). The molecule has 2 aromatic rings. The Hall–Kier alpha value is -2.25. The lowest BCUT2D eigenvalue weighted by molar-refractivity contribution is -0.119. The summed E-state index contributed by atoms with van der Waals surface area (Å²) >= 11 is 5.99. The number of carbonyl (C=O) groups excluding carboxylic acids is 1. The van der Waals surface area contributed by atoms with E-state index >= 15 is 0 Å². The number of rotatable bonds is 8. The maximum absolute atomic E-state index is 12.2. The van der Waals surface area contributed by atoms with Crippen LogP contribution in [0.3, 0.4) is 0 Å². The highest BCUT2D eigenvalue weighted by atomic mass is 35.5. The zero-order valence-electron chi connectivity index (χ0n) is 15.5. The summed E-state index contributed by atoms with van der Waals surface area (Å²) < 4.78 is 30.8. The van der Waals surface area contributed by atoms with Crippen molar-refractivity contribution in [3.8, 4) is 5.75 Å². The van der Waals surface area contributed by atoms with Gasteiger partial charge in [-0.05, 0) is 49.2 Å². The zero-order valence-corrected chi connectivity index (χ0v) is 17.1. The number of nitrogens with one attached hydrogen (secondary N) is 1. The molecule has 2 aromatic carbocycles. The highest BCUT2D eigenvalue weighted by Gasteiger charge is 2.21. The predicted octanol–water partition coefficient (Wildman–Crippen LogP) is 2.92. The number of ether oxygens (including phenoxy) is 1. The fraction of sp³-hybridized carbons (Fsp3) is 0.316. The van der Waals surface area contributed by atoms with E-state index in [4.69, 9.17) is 16.3 Å². The Bertz CT molecular complexity index is 916. The fourth-order valence-corrected chi connectivity index (χ4v) is 3.42. The van der Waals surface area contributed by atoms with E-state index in [0.717, 1.165) is 21.7 Å². The summed E-state index contributed by atoms with van der Waals surface area (Å²) in [4.78, 5) is 12.2. The van der Waals surface area contributed by atoms with Crippen LogP contribution >= 0.6 is 11.6 Å². The number of hydrogen-bond donors (Lipinski definition) is 1. The van der Waals surface area contributed by atoms with E-state index < -0.39 is 15.9 Å². The Morgan fingerprint density at radius 2 is 1.85 bits per heavy atom. The molecule has 8 heteroatoms. The van der Waals surface area contributed by atoms with Crippen LogP contribution in [0.2, 0.25) is 5.02 Å². The predicted molar refractivity (Wildman–Crippen MR) is 108 cm³/mol. The topological polar surface area (TPSA) is 75.7 Å². The van der Waals surface area contributed by atoms with Crippen LogP contribution in [0, 0.1) is 13.8 Å². The van der Waals surface area contributed by atoms with E-state index in [-0.39, 0.29) is 19.7 Å². The van der Waals surface area contributed by atoms with Crippen LogP contribution in [0.15, 0.2) is 42.5 Å². The zero-order chi connectivity index (χ0) is 20.0. The first kappa shape index (κ1) is 21.1. The van der Waals surface area contributed by atoms with Gasteiger partial charge in [-0.25, -0.2) is 8.42 Å². The van der Waals surface area contributed by atoms with Gasteiger partial charge in [-0.1, -0.05) is 29.8 Å². The number of nitrogens with zero attached hydrogens (tertiary/aromatic N) is 1. The molecule has 1 N–H and O–H groups in total. The van der Waals surface area contributed by atoms with Gasteiger partial charge in [0.15, 0.2) is 0 Å². The highest BCUT2D eigenvalue weighted by Crippen LogP contribution is 2.23. The molecule has 0 heterocycles. The number of sulfonamides is 1. The van der Waals surface area contributed by atoms with Crippen molar-refractivity contribution in [1.82, 2.24) is 5.32 Å². The van der Waals surface area contributed by atoms with Crippen molar-refractivity contribution in [2.45, 2.75) is 13.8 Å². The highest BCUT2D eigenvalue weighted by molar-refractivity contribution is 7.92. The first-order chi connectivity index (χ1) is 12.7. The largest absolute Gasteiger partial charge is 0.490 e. The van der Waals surface area contributed by atoms with Crippen molar-refractivity contribution in [2.75, 3.05) is 30.3 Å². The molecule has 0 aromatic heterocycles. The quantitative estimate of drug-likeness (QED) is 0.679. The number of para-hydroxylation sites is 1. The summed E-state index contributed by atoms with van der Waals surface area (Å²) in [6, 6.07) is 12.3. The summed E-state index contributed by atoms with van der Waals surface area (Å²) in [6.07, 6.45) is 1.08.